The predicted molar refractivity (Wildman–Crippen MR) is 138 cm³/mol. The number of piperidine rings is 1. The number of pyridine rings is 1. The van der Waals surface area contributed by atoms with Crippen LogP contribution in [0.4, 0.5) is 18.9 Å². The van der Waals surface area contributed by atoms with Crippen molar-refractivity contribution in [2.45, 2.75) is 37.9 Å². The van der Waals surface area contributed by atoms with Gasteiger partial charge in [-0.3, -0.25) is 9.88 Å². The maximum Gasteiger partial charge on any atom is 0.421 e. The number of aromatic nitrogens is 1. The third kappa shape index (κ3) is 4.75. The molecule has 2 aliphatic rings. The average Bonchev–Trinajstić information content (AvgIpc) is 2.88. The van der Waals surface area contributed by atoms with Crippen molar-refractivity contribution in [1.82, 2.24) is 9.88 Å². The van der Waals surface area contributed by atoms with Gasteiger partial charge < -0.3 is 14.4 Å². The SMILES string of the molecule is CCOc1ccccc1-c1ccc2c(n1)CN(C)CC21CCN(c2cccc(OC)c2C(F)(F)F)CC1. The molecular weight excluding hydrogens is 479 g/mol. The summed E-state index contributed by atoms with van der Waals surface area (Å²) >= 11 is 0. The van der Waals surface area contributed by atoms with Crippen LogP contribution in [0, 0.1) is 0 Å². The molecule has 8 heteroatoms. The molecule has 5 nitrogen and oxygen atoms in total. The van der Waals surface area contributed by atoms with Gasteiger partial charge in [-0.15, -0.1) is 0 Å². The Balaban J connectivity index is 1.45. The minimum absolute atomic E-state index is 0.142. The molecule has 0 N–H and O–H groups in total. The fraction of sp³-hybridized carbons (Fsp3) is 0.414. The van der Waals surface area contributed by atoms with Crippen molar-refractivity contribution in [3.63, 3.8) is 0 Å². The van der Waals surface area contributed by atoms with Gasteiger partial charge in [0.1, 0.15) is 17.1 Å². The Bertz CT molecular complexity index is 1270. The summed E-state index contributed by atoms with van der Waals surface area (Å²) in [7, 11) is 3.37. The van der Waals surface area contributed by atoms with E-state index in [9.17, 15) is 13.2 Å². The maximum absolute atomic E-state index is 14.0. The number of benzene rings is 2. The van der Waals surface area contributed by atoms with Crippen molar-refractivity contribution in [2.75, 3.05) is 45.3 Å². The van der Waals surface area contributed by atoms with E-state index in [1.54, 1.807) is 12.1 Å². The highest BCUT2D eigenvalue weighted by molar-refractivity contribution is 5.68. The van der Waals surface area contributed by atoms with Crippen molar-refractivity contribution in [3.8, 4) is 22.8 Å². The standard InChI is InChI=1S/C29H32F3N3O2/c1-4-37-25-10-6-5-8-20(25)22-13-12-21-23(33-22)18-34(2)19-28(21)14-16-35(17-15-28)24-9-7-11-26(36-3)27(24)29(30,31)32/h5-13H,4,14-19H2,1-3H3. The normalized spacial score (nSPS) is 17.5. The molecule has 2 aromatic carbocycles. The number of ether oxygens (including phenoxy) is 2. The first kappa shape index (κ1) is 25.4. The molecule has 0 bridgehead atoms. The van der Waals surface area contributed by atoms with Crippen LogP contribution in [0.25, 0.3) is 11.3 Å². The van der Waals surface area contributed by atoms with E-state index in [1.807, 2.05) is 36.1 Å². The van der Waals surface area contributed by atoms with E-state index in [4.69, 9.17) is 14.5 Å². The molecule has 1 fully saturated rings. The van der Waals surface area contributed by atoms with Crippen molar-refractivity contribution in [1.29, 1.82) is 0 Å². The van der Waals surface area contributed by atoms with Gasteiger partial charge in [0.05, 0.1) is 30.8 Å². The third-order valence-corrected chi connectivity index (χ3v) is 7.57. The molecular formula is C29H32F3N3O2. The van der Waals surface area contributed by atoms with E-state index in [0.29, 0.717) is 19.7 Å². The lowest BCUT2D eigenvalue weighted by Crippen LogP contribution is -2.51. The summed E-state index contributed by atoms with van der Waals surface area (Å²) in [5.74, 6) is 0.667. The highest BCUT2D eigenvalue weighted by atomic mass is 19.4. The monoisotopic (exact) mass is 511 g/mol. The van der Waals surface area contributed by atoms with E-state index in [1.165, 1.54) is 18.7 Å². The molecule has 1 saturated heterocycles. The molecule has 1 aromatic heterocycles. The molecule has 0 unspecified atom stereocenters. The molecule has 0 saturated carbocycles. The van der Waals surface area contributed by atoms with Gasteiger partial charge in [0, 0.05) is 37.2 Å². The average molecular weight is 512 g/mol. The molecule has 0 amide bonds. The van der Waals surface area contributed by atoms with E-state index in [0.717, 1.165) is 48.6 Å². The largest absolute Gasteiger partial charge is 0.496 e. The van der Waals surface area contributed by atoms with Crippen molar-refractivity contribution in [3.05, 3.63) is 71.4 Å². The number of rotatable bonds is 5. The zero-order chi connectivity index (χ0) is 26.2. The summed E-state index contributed by atoms with van der Waals surface area (Å²) in [6, 6.07) is 16.7. The summed E-state index contributed by atoms with van der Waals surface area (Å²) in [5.41, 5.74) is 3.41. The Morgan fingerprint density at radius 1 is 0.973 bits per heavy atom. The van der Waals surface area contributed by atoms with Gasteiger partial charge in [0.25, 0.3) is 0 Å². The van der Waals surface area contributed by atoms with E-state index in [2.05, 4.69) is 24.1 Å². The van der Waals surface area contributed by atoms with Gasteiger partial charge in [-0.25, -0.2) is 0 Å². The Hall–Kier alpha value is -3.26. The molecule has 3 heterocycles. The Morgan fingerprint density at radius 2 is 1.70 bits per heavy atom. The molecule has 37 heavy (non-hydrogen) atoms. The second-order valence-electron chi connectivity index (χ2n) is 9.91. The van der Waals surface area contributed by atoms with Gasteiger partial charge in [0.2, 0.25) is 0 Å². The third-order valence-electron chi connectivity index (χ3n) is 7.57. The van der Waals surface area contributed by atoms with Crippen LogP contribution in [0.1, 0.15) is 36.6 Å². The van der Waals surface area contributed by atoms with Gasteiger partial charge in [-0.05, 0) is 62.7 Å². The number of hydrogen-bond acceptors (Lipinski definition) is 5. The zero-order valence-electron chi connectivity index (χ0n) is 21.4. The molecule has 196 valence electrons. The fourth-order valence-electron chi connectivity index (χ4n) is 5.97. The van der Waals surface area contributed by atoms with Crippen LogP contribution >= 0.6 is 0 Å². The van der Waals surface area contributed by atoms with E-state index in [-0.39, 0.29) is 16.9 Å². The van der Waals surface area contributed by atoms with Crippen LogP contribution in [-0.4, -0.2) is 50.3 Å². The number of halogens is 3. The fourth-order valence-corrected chi connectivity index (χ4v) is 5.97. The summed E-state index contributed by atoms with van der Waals surface area (Å²) in [6.45, 7) is 5.18. The zero-order valence-corrected chi connectivity index (χ0v) is 21.4. The summed E-state index contributed by atoms with van der Waals surface area (Å²) in [5, 5.41) is 0. The molecule has 2 aliphatic heterocycles. The Morgan fingerprint density at radius 3 is 2.41 bits per heavy atom. The van der Waals surface area contributed by atoms with Gasteiger partial charge in [0.15, 0.2) is 0 Å². The van der Waals surface area contributed by atoms with E-state index < -0.39 is 11.7 Å². The number of para-hydroxylation sites is 1. The van der Waals surface area contributed by atoms with Crippen LogP contribution in [0.3, 0.4) is 0 Å². The lowest BCUT2D eigenvalue weighted by atomic mass is 9.69. The number of nitrogens with zero attached hydrogens (tertiary/aromatic N) is 3. The van der Waals surface area contributed by atoms with Crippen LogP contribution in [0.2, 0.25) is 0 Å². The van der Waals surface area contributed by atoms with Crippen LogP contribution < -0.4 is 14.4 Å². The number of methoxy groups -OCH3 is 1. The first-order chi connectivity index (χ1) is 17.8. The number of alkyl halides is 3. The summed E-state index contributed by atoms with van der Waals surface area (Å²) in [4.78, 5) is 9.20. The minimum Gasteiger partial charge on any atom is -0.496 e. The molecule has 0 radical (unpaired) electrons. The highest BCUT2D eigenvalue weighted by Crippen LogP contribution is 2.46. The minimum atomic E-state index is -4.49. The maximum atomic E-state index is 14.0. The molecule has 1 spiro atoms. The van der Waals surface area contributed by atoms with Crippen molar-refractivity contribution >= 4 is 5.69 Å². The summed E-state index contributed by atoms with van der Waals surface area (Å²) in [6.07, 6.45) is -3.00. The lowest BCUT2D eigenvalue weighted by molar-refractivity contribution is -0.138. The quantitative estimate of drug-likeness (QED) is 0.410. The smallest absolute Gasteiger partial charge is 0.421 e. The van der Waals surface area contributed by atoms with Gasteiger partial charge >= 0.3 is 6.18 Å². The lowest BCUT2D eigenvalue weighted by Gasteiger charge is -2.48. The van der Waals surface area contributed by atoms with E-state index >= 15 is 0 Å². The molecule has 0 aliphatic carbocycles. The number of anilines is 1. The van der Waals surface area contributed by atoms with Crippen molar-refractivity contribution < 1.29 is 22.6 Å². The summed E-state index contributed by atoms with van der Waals surface area (Å²) < 4.78 is 52.8. The first-order valence-electron chi connectivity index (χ1n) is 12.7. The number of likely N-dealkylation sites (N-methyl/N-ethyl adjacent to an activating group) is 1. The van der Waals surface area contributed by atoms with Crippen LogP contribution in [0.15, 0.2) is 54.6 Å². The molecule has 3 aromatic rings. The van der Waals surface area contributed by atoms with Crippen molar-refractivity contribution in [2.24, 2.45) is 0 Å². The molecule has 5 rings (SSSR count). The number of hydrogen-bond donors (Lipinski definition) is 0. The van der Waals surface area contributed by atoms with Crippen LogP contribution in [-0.2, 0) is 18.1 Å². The first-order valence-corrected chi connectivity index (χ1v) is 12.7. The molecule has 0 atom stereocenters. The van der Waals surface area contributed by atoms with Crippen LogP contribution in [0.5, 0.6) is 11.5 Å². The highest BCUT2D eigenvalue weighted by Gasteiger charge is 2.44. The Labute approximate surface area is 215 Å². The topological polar surface area (TPSA) is 37.8 Å². The Kier molecular flexibility index (Phi) is 6.79. The van der Waals surface area contributed by atoms with Gasteiger partial charge in [-0.2, -0.15) is 13.2 Å². The predicted octanol–water partition coefficient (Wildman–Crippen LogP) is 6.16. The number of fused-ring (bicyclic) bond motifs is 2. The van der Waals surface area contributed by atoms with Gasteiger partial charge in [-0.1, -0.05) is 24.3 Å². The second kappa shape index (κ2) is 9.89. The second-order valence-corrected chi connectivity index (χ2v) is 9.91.